The van der Waals surface area contributed by atoms with E-state index in [1.54, 1.807) is 12.1 Å². The molecule has 1 heterocycles. The van der Waals surface area contributed by atoms with Crippen LogP contribution in [0.4, 0.5) is 0 Å². The van der Waals surface area contributed by atoms with E-state index in [4.69, 9.17) is 4.74 Å². The van der Waals surface area contributed by atoms with Gasteiger partial charge < -0.3 is 4.74 Å². The summed E-state index contributed by atoms with van der Waals surface area (Å²) in [7, 11) is -0.447. The monoisotopic (exact) mass is 415 g/mol. The summed E-state index contributed by atoms with van der Waals surface area (Å²) in [6, 6.07) is 14.5. The zero-order valence-electron chi connectivity index (χ0n) is 17.0. The number of aromatic nitrogens is 4. The van der Waals surface area contributed by atoms with Crippen LogP contribution in [0.1, 0.15) is 25.3 Å². The molecule has 0 saturated heterocycles. The highest BCUT2D eigenvalue weighted by atomic mass is 32.2. The predicted molar refractivity (Wildman–Crippen MR) is 110 cm³/mol. The van der Waals surface area contributed by atoms with Crippen molar-refractivity contribution in [3.05, 3.63) is 54.1 Å². The molecule has 8 nitrogen and oxygen atoms in total. The topological polar surface area (TPSA) is 90.2 Å². The highest BCUT2D eigenvalue weighted by Gasteiger charge is 2.16. The van der Waals surface area contributed by atoms with Gasteiger partial charge in [0.1, 0.15) is 12.4 Å². The number of sulfonamides is 1. The van der Waals surface area contributed by atoms with Crippen LogP contribution in [0.5, 0.6) is 5.75 Å². The first-order chi connectivity index (χ1) is 13.8. The summed E-state index contributed by atoms with van der Waals surface area (Å²) in [4.78, 5) is 1.71. The third-order valence-corrected chi connectivity index (χ3v) is 6.28. The van der Waals surface area contributed by atoms with Crippen LogP contribution in [-0.4, -0.2) is 53.6 Å². The fraction of sp³-hybridized carbons (Fsp3) is 0.350. The molecule has 0 N–H and O–H groups in total. The lowest BCUT2D eigenvalue weighted by atomic mass is 10.0. The molecule has 3 aromatic rings. The summed E-state index contributed by atoms with van der Waals surface area (Å²) >= 11 is 0. The van der Waals surface area contributed by atoms with Crippen LogP contribution in [0.2, 0.25) is 0 Å². The van der Waals surface area contributed by atoms with Crippen molar-refractivity contribution in [2.24, 2.45) is 0 Å². The van der Waals surface area contributed by atoms with Gasteiger partial charge in [-0.05, 0) is 41.0 Å². The predicted octanol–water partition coefficient (Wildman–Crippen LogP) is 2.79. The normalized spacial score (nSPS) is 11.9. The van der Waals surface area contributed by atoms with Crippen molar-refractivity contribution >= 4 is 10.0 Å². The summed E-state index contributed by atoms with van der Waals surface area (Å²) in [6.45, 7) is 5.06. The van der Waals surface area contributed by atoms with Gasteiger partial charge in [0.2, 0.25) is 15.8 Å². The summed E-state index contributed by atoms with van der Waals surface area (Å²) in [5.74, 6) is 1.62. The second-order valence-electron chi connectivity index (χ2n) is 7.09. The minimum atomic E-state index is -3.44. The SMILES string of the molecule is CC(C)c1ccc(-c2nnn(CCOc3ccc(S(=O)(=O)N(C)C)cc3)n2)cc1. The van der Waals surface area contributed by atoms with E-state index in [-0.39, 0.29) is 4.90 Å². The third kappa shape index (κ3) is 4.99. The Morgan fingerprint density at radius 2 is 1.69 bits per heavy atom. The lowest BCUT2D eigenvalue weighted by Gasteiger charge is -2.12. The molecule has 0 atom stereocenters. The van der Waals surface area contributed by atoms with Crippen molar-refractivity contribution in [2.75, 3.05) is 20.7 Å². The Bertz CT molecular complexity index is 1040. The Morgan fingerprint density at radius 3 is 2.28 bits per heavy atom. The van der Waals surface area contributed by atoms with Gasteiger partial charge in [-0.3, -0.25) is 0 Å². The first-order valence-corrected chi connectivity index (χ1v) is 10.7. The molecule has 0 aliphatic heterocycles. The maximum absolute atomic E-state index is 12.1. The molecule has 154 valence electrons. The molecule has 29 heavy (non-hydrogen) atoms. The zero-order chi connectivity index (χ0) is 21.0. The fourth-order valence-corrected chi connectivity index (χ4v) is 3.54. The van der Waals surface area contributed by atoms with E-state index in [1.807, 2.05) is 12.1 Å². The average Bonchev–Trinajstić information content (AvgIpc) is 3.17. The molecule has 0 saturated carbocycles. The van der Waals surface area contributed by atoms with Crippen LogP contribution >= 0.6 is 0 Å². The number of nitrogens with zero attached hydrogens (tertiary/aromatic N) is 5. The van der Waals surface area contributed by atoms with Crippen molar-refractivity contribution < 1.29 is 13.2 Å². The van der Waals surface area contributed by atoms with Crippen LogP contribution < -0.4 is 4.74 Å². The Kier molecular flexibility index (Phi) is 6.29. The van der Waals surface area contributed by atoms with E-state index >= 15 is 0 Å². The van der Waals surface area contributed by atoms with Gasteiger partial charge in [0, 0.05) is 19.7 Å². The molecule has 0 fully saturated rings. The van der Waals surface area contributed by atoms with Crippen LogP contribution in [0.3, 0.4) is 0 Å². The second kappa shape index (κ2) is 8.71. The van der Waals surface area contributed by atoms with Gasteiger partial charge in [-0.15, -0.1) is 10.2 Å². The molecular weight excluding hydrogens is 390 g/mol. The maximum atomic E-state index is 12.1. The van der Waals surface area contributed by atoms with Crippen molar-refractivity contribution in [3.8, 4) is 17.1 Å². The summed E-state index contributed by atoms with van der Waals surface area (Å²) in [6.07, 6.45) is 0. The number of hydrogen-bond acceptors (Lipinski definition) is 6. The van der Waals surface area contributed by atoms with E-state index in [0.717, 1.165) is 5.56 Å². The van der Waals surface area contributed by atoms with Crippen LogP contribution in [0, 0.1) is 0 Å². The molecule has 0 radical (unpaired) electrons. The molecule has 0 spiro atoms. The van der Waals surface area contributed by atoms with Crippen molar-refractivity contribution in [1.29, 1.82) is 0 Å². The summed E-state index contributed by atoms with van der Waals surface area (Å²) in [5.41, 5.74) is 2.18. The van der Waals surface area contributed by atoms with E-state index in [1.165, 1.54) is 40.9 Å². The quantitative estimate of drug-likeness (QED) is 0.562. The number of tetrazole rings is 1. The molecule has 0 aliphatic rings. The molecule has 9 heteroatoms. The summed E-state index contributed by atoms with van der Waals surface area (Å²) < 4.78 is 31.0. The van der Waals surface area contributed by atoms with Crippen molar-refractivity contribution in [1.82, 2.24) is 24.5 Å². The molecule has 0 unspecified atom stereocenters. The number of hydrogen-bond donors (Lipinski definition) is 0. The first-order valence-electron chi connectivity index (χ1n) is 9.31. The summed E-state index contributed by atoms with van der Waals surface area (Å²) in [5, 5.41) is 12.5. The molecular formula is C20H25N5O3S. The lowest BCUT2D eigenvalue weighted by Crippen LogP contribution is -2.22. The molecule has 0 bridgehead atoms. The maximum Gasteiger partial charge on any atom is 0.242 e. The molecule has 0 amide bonds. The van der Waals surface area contributed by atoms with Gasteiger partial charge in [-0.25, -0.2) is 12.7 Å². The Labute approximate surface area is 171 Å². The van der Waals surface area contributed by atoms with Gasteiger partial charge in [0.15, 0.2) is 0 Å². The Morgan fingerprint density at radius 1 is 1.03 bits per heavy atom. The van der Waals surface area contributed by atoms with Crippen LogP contribution in [0.25, 0.3) is 11.4 Å². The van der Waals surface area contributed by atoms with Gasteiger partial charge in [-0.2, -0.15) is 4.80 Å². The smallest absolute Gasteiger partial charge is 0.242 e. The molecule has 3 rings (SSSR count). The zero-order valence-corrected chi connectivity index (χ0v) is 17.8. The fourth-order valence-electron chi connectivity index (χ4n) is 2.63. The Hall–Kier alpha value is -2.78. The minimum absolute atomic E-state index is 0.223. The average molecular weight is 416 g/mol. The van der Waals surface area contributed by atoms with E-state index in [0.29, 0.717) is 30.6 Å². The number of ether oxygens (including phenoxy) is 1. The second-order valence-corrected chi connectivity index (χ2v) is 9.24. The molecule has 2 aromatic carbocycles. The van der Waals surface area contributed by atoms with Gasteiger partial charge >= 0.3 is 0 Å². The standard InChI is InChI=1S/C20H25N5O3S/c1-15(2)16-5-7-17(8-6-16)20-21-23-25(22-20)13-14-28-18-9-11-19(12-10-18)29(26,27)24(3)4/h5-12,15H,13-14H2,1-4H3. The number of rotatable bonds is 8. The van der Waals surface area contributed by atoms with E-state index in [9.17, 15) is 8.42 Å². The van der Waals surface area contributed by atoms with Gasteiger partial charge in [0.25, 0.3) is 0 Å². The van der Waals surface area contributed by atoms with E-state index < -0.39 is 10.0 Å². The van der Waals surface area contributed by atoms with Crippen molar-refractivity contribution in [3.63, 3.8) is 0 Å². The minimum Gasteiger partial charge on any atom is -0.492 e. The molecule has 1 aromatic heterocycles. The van der Waals surface area contributed by atoms with Crippen molar-refractivity contribution in [2.45, 2.75) is 31.2 Å². The Balaban J connectivity index is 1.56. The molecule has 0 aliphatic carbocycles. The van der Waals surface area contributed by atoms with Gasteiger partial charge in [0.05, 0.1) is 11.4 Å². The highest BCUT2D eigenvalue weighted by molar-refractivity contribution is 7.89. The lowest BCUT2D eigenvalue weighted by molar-refractivity contribution is 0.280. The third-order valence-electron chi connectivity index (χ3n) is 4.45. The van der Waals surface area contributed by atoms with Crippen LogP contribution in [0.15, 0.2) is 53.4 Å². The largest absolute Gasteiger partial charge is 0.492 e. The van der Waals surface area contributed by atoms with Gasteiger partial charge in [-0.1, -0.05) is 38.1 Å². The highest BCUT2D eigenvalue weighted by Crippen LogP contribution is 2.20. The van der Waals surface area contributed by atoms with Crippen LogP contribution in [-0.2, 0) is 16.6 Å². The first kappa shape index (κ1) is 20.9. The van der Waals surface area contributed by atoms with E-state index in [2.05, 4.69) is 41.4 Å². The number of benzene rings is 2.